The highest BCUT2D eigenvalue weighted by Crippen LogP contribution is 2.35. The molecular formula is C13H19NO. The molecule has 0 aliphatic heterocycles. The average Bonchev–Trinajstić information content (AvgIpc) is 2.81. The van der Waals surface area contributed by atoms with Gasteiger partial charge in [0, 0.05) is 6.54 Å². The van der Waals surface area contributed by atoms with E-state index in [1.54, 1.807) is 0 Å². The second kappa shape index (κ2) is 4.77. The molecule has 0 spiro atoms. The van der Waals surface area contributed by atoms with E-state index in [4.69, 9.17) is 5.73 Å². The lowest BCUT2D eigenvalue weighted by molar-refractivity contribution is 0.111. The molecule has 3 N–H and O–H groups in total. The van der Waals surface area contributed by atoms with Crippen molar-refractivity contribution in [1.29, 1.82) is 0 Å². The summed E-state index contributed by atoms with van der Waals surface area (Å²) in [5, 5.41) is 10.2. The van der Waals surface area contributed by atoms with Crippen LogP contribution in [-0.2, 0) is 6.54 Å². The number of rotatable bonds is 3. The first kappa shape index (κ1) is 10.7. The summed E-state index contributed by atoms with van der Waals surface area (Å²) < 4.78 is 0. The summed E-state index contributed by atoms with van der Waals surface area (Å²) in [6.07, 6.45) is 4.55. The first-order valence-electron chi connectivity index (χ1n) is 5.78. The largest absolute Gasteiger partial charge is 0.388 e. The van der Waals surface area contributed by atoms with E-state index in [9.17, 15) is 5.11 Å². The Balaban J connectivity index is 2.13. The highest BCUT2D eigenvalue weighted by Gasteiger charge is 2.24. The number of hydrogen-bond donors (Lipinski definition) is 2. The molecule has 1 aromatic carbocycles. The van der Waals surface area contributed by atoms with Crippen LogP contribution in [0.4, 0.5) is 0 Å². The molecule has 15 heavy (non-hydrogen) atoms. The Hall–Kier alpha value is -0.860. The van der Waals surface area contributed by atoms with Crippen molar-refractivity contribution in [2.75, 3.05) is 0 Å². The van der Waals surface area contributed by atoms with Crippen molar-refractivity contribution in [3.63, 3.8) is 0 Å². The monoisotopic (exact) mass is 205 g/mol. The summed E-state index contributed by atoms with van der Waals surface area (Å²) in [4.78, 5) is 0. The van der Waals surface area contributed by atoms with Crippen molar-refractivity contribution in [3.8, 4) is 0 Å². The predicted octanol–water partition coefficient (Wildman–Crippen LogP) is 2.37. The SMILES string of the molecule is NCc1cccc(C(O)C2CCCC2)c1. The molecule has 1 saturated carbocycles. The molecule has 1 aliphatic carbocycles. The van der Waals surface area contributed by atoms with E-state index in [2.05, 4.69) is 0 Å². The topological polar surface area (TPSA) is 46.2 Å². The van der Waals surface area contributed by atoms with Crippen LogP contribution in [0.15, 0.2) is 24.3 Å². The molecule has 2 rings (SSSR count). The third-order valence-electron chi connectivity index (χ3n) is 3.37. The van der Waals surface area contributed by atoms with Crippen molar-refractivity contribution in [1.82, 2.24) is 0 Å². The molecule has 2 nitrogen and oxygen atoms in total. The van der Waals surface area contributed by atoms with Crippen molar-refractivity contribution in [3.05, 3.63) is 35.4 Å². The lowest BCUT2D eigenvalue weighted by Gasteiger charge is -2.18. The van der Waals surface area contributed by atoms with Crippen LogP contribution in [0.5, 0.6) is 0 Å². The Morgan fingerprint density at radius 1 is 1.33 bits per heavy atom. The van der Waals surface area contributed by atoms with Crippen LogP contribution in [0.25, 0.3) is 0 Å². The Bertz CT molecular complexity index is 318. The first-order chi connectivity index (χ1) is 7.31. The van der Waals surface area contributed by atoms with Gasteiger partial charge in [0.1, 0.15) is 0 Å². The maximum Gasteiger partial charge on any atom is 0.0818 e. The molecule has 0 saturated heterocycles. The number of aliphatic hydroxyl groups excluding tert-OH is 1. The van der Waals surface area contributed by atoms with E-state index in [0.29, 0.717) is 12.5 Å². The number of hydrogen-bond acceptors (Lipinski definition) is 2. The normalized spacial score (nSPS) is 19.3. The van der Waals surface area contributed by atoms with Gasteiger partial charge in [-0.2, -0.15) is 0 Å². The van der Waals surface area contributed by atoms with Gasteiger partial charge in [0.05, 0.1) is 6.10 Å². The maximum absolute atomic E-state index is 10.2. The van der Waals surface area contributed by atoms with Crippen molar-refractivity contribution in [2.24, 2.45) is 11.7 Å². The summed E-state index contributed by atoms with van der Waals surface area (Å²) in [7, 11) is 0. The minimum absolute atomic E-state index is 0.293. The van der Waals surface area contributed by atoms with Gasteiger partial charge >= 0.3 is 0 Å². The Kier molecular flexibility index (Phi) is 3.39. The second-order valence-electron chi connectivity index (χ2n) is 4.44. The number of aliphatic hydroxyl groups is 1. The fourth-order valence-electron chi connectivity index (χ4n) is 2.45. The van der Waals surface area contributed by atoms with Crippen LogP contribution in [0.1, 0.15) is 42.9 Å². The molecule has 0 bridgehead atoms. The fraction of sp³-hybridized carbons (Fsp3) is 0.538. The van der Waals surface area contributed by atoms with E-state index in [1.165, 1.54) is 12.8 Å². The van der Waals surface area contributed by atoms with Crippen LogP contribution in [-0.4, -0.2) is 5.11 Å². The van der Waals surface area contributed by atoms with Gasteiger partial charge in [0.2, 0.25) is 0 Å². The van der Waals surface area contributed by atoms with E-state index in [0.717, 1.165) is 24.0 Å². The van der Waals surface area contributed by atoms with Gasteiger partial charge in [-0.05, 0) is 29.9 Å². The summed E-state index contributed by atoms with van der Waals surface area (Å²) in [6.45, 7) is 0.547. The molecule has 0 aromatic heterocycles. The highest BCUT2D eigenvalue weighted by atomic mass is 16.3. The first-order valence-corrected chi connectivity index (χ1v) is 5.78. The predicted molar refractivity (Wildman–Crippen MR) is 61.3 cm³/mol. The van der Waals surface area contributed by atoms with Crippen molar-refractivity contribution >= 4 is 0 Å². The smallest absolute Gasteiger partial charge is 0.0818 e. The molecule has 0 radical (unpaired) electrons. The molecule has 1 unspecified atom stereocenters. The van der Waals surface area contributed by atoms with Gasteiger partial charge in [-0.1, -0.05) is 37.1 Å². The Morgan fingerprint density at radius 3 is 2.73 bits per heavy atom. The standard InChI is InChI=1S/C13H19NO/c14-9-10-4-3-7-12(8-10)13(15)11-5-1-2-6-11/h3-4,7-8,11,13,15H,1-2,5-6,9,14H2. The minimum Gasteiger partial charge on any atom is -0.388 e. The van der Waals surface area contributed by atoms with Gasteiger partial charge < -0.3 is 10.8 Å². The Morgan fingerprint density at radius 2 is 2.07 bits per heavy atom. The van der Waals surface area contributed by atoms with Crippen molar-refractivity contribution in [2.45, 2.75) is 38.3 Å². The van der Waals surface area contributed by atoms with Crippen LogP contribution < -0.4 is 5.73 Å². The fourth-order valence-corrected chi connectivity index (χ4v) is 2.45. The molecule has 0 amide bonds. The molecule has 1 aliphatic rings. The number of benzene rings is 1. The van der Waals surface area contributed by atoms with Crippen LogP contribution >= 0.6 is 0 Å². The van der Waals surface area contributed by atoms with Crippen LogP contribution in [0.2, 0.25) is 0 Å². The summed E-state index contributed by atoms with van der Waals surface area (Å²) in [5.41, 5.74) is 7.72. The molecule has 1 aromatic rings. The summed E-state index contributed by atoms with van der Waals surface area (Å²) >= 11 is 0. The van der Waals surface area contributed by atoms with Crippen LogP contribution in [0, 0.1) is 5.92 Å². The lowest BCUT2D eigenvalue weighted by atomic mass is 9.93. The third-order valence-corrected chi connectivity index (χ3v) is 3.37. The molecule has 1 atom stereocenters. The zero-order valence-corrected chi connectivity index (χ0v) is 9.02. The van der Waals surface area contributed by atoms with Crippen LogP contribution in [0.3, 0.4) is 0 Å². The molecule has 0 heterocycles. The van der Waals surface area contributed by atoms with Gasteiger partial charge in [-0.15, -0.1) is 0 Å². The average molecular weight is 205 g/mol. The van der Waals surface area contributed by atoms with Gasteiger partial charge in [0.15, 0.2) is 0 Å². The lowest BCUT2D eigenvalue weighted by Crippen LogP contribution is -2.09. The summed E-state index contributed by atoms with van der Waals surface area (Å²) in [5.74, 6) is 0.457. The number of nitrogens with two attached hydrogens (primary N) is 1. The zero-order valence-electron chi connectivity index (χ0n) is 9.02. The third kappa shape index (κ3) is 2.39. The van der Waals surface area contributed by atoms with E-state index in [1.807, 2.05) is 24.3 Å². The van der Waals surface area contributed by atoms with Crippen molar-refractivity contribution < 1.29 is 5.11 Å². The molecule has 2 heteroatoms. The van der Waals surface area contributed by atoms with E-state index >= 15 is 0 Å². The maximum atomic E-state index is 10.2. The Labute approximate surface area is 91.1 Å². The summed E-state index contributed by atoms with van der Waals surface area (Å²) in [6, 6.07) is 8.02. The molecular weight excluding hydrogens is 186 g/mol. The highest BCUT2D eigenvalue weighted by molar-refractivity contribution is 5.25. The minimum atomic E-state index is -0.293. The van der Waals surface area contributed by atoms with Gasteiger partial charge in [-0.3, -0.25) is 0 Å². The molecule has 1 fully saturated rings. The van der Waals surface area contributed by atoms with E-state index in [-0.39, 0.29) is 6.10 Å². The zero-order chi connectivity index (χ0) is 10.7. The second-order valence-corrected chi connectivity index (χ2v) is 4.44. The quantitative estimate of drug-likeness (QED) is 0.795. The van der Waals surface area contributed by atoms with E-state index < -0.39 is 0 Å². The van der Waals surface area contributed by atoms with Gasteiger partial charge in [0.25, 0.3) is 0 Å². The molecule has 82 valence electrons. The van der Waals surface area contributed by atoms with Gasteiger partial charge in [-0.25, -0.2) is 0 Å².